The van der Waals surface area contributed by atoms with Crippen molar-refractivity contribution in [2.24, 2.45) is 0 Å². The van der Waals surface area contributed by atoms with Crippen molar-refractivity contribution in [2.75, 3.05) is 11.9 Å². The Bertz CT molecular complexity index is 1040. The van der Waals surface area contributed by atoms with Crippen LogP contribution in [0.25, 0.3) is 6.08 Å². The number of thiazole rings is 1. The normalized spacial score (nSPS) is 11.0. The van der Waals surface area contributed by atoms with Crippen molar-refractivity contribution in [3.63, 3.8) is 0 Å². The van der Waals surface area contributed by atoms with Crippen molar-refractivity contribution in [1.82, 2.24) is 4.98 Å². The second-order valence-electron chi connectivity index (χ2n) is 6.30. The Kier molecular flexibility index (Phi) is 7.15. The molecule has 0 radical (unpaired) electrons. The topological polar surface area (TPSA) is 75.0 Å². The molecule has 0 fully saturated rings. The number of nitriles is 1. The standard InChI is InChI=1S/C23H21N3O2S/c1-2-12-28-21-11-7-6-10-18(21)14-19(15-24)22(27)26-23-25-16-20(29-23)13-17-8-4-3-5-9-17/h3-11,14,16H,2,12-13H2,1H3,(H,25,26,27)/b19-14+. The Labute approximate surface area is 174 Å². The largest absolute Gasteiger partial charge is 0.493 e. The molecule has 0 aliphatic heterocycles. The second-order valence-corrected chi connectivity index (χ2v) is 7.42. The van der Waals surface area contributed by atoms with E-state index in [1.807, 2.05) is 67.6 Å². The third-order valence-corrected chi connectivity index (χ3v) is 4.95. The van der Waals surface area contributed by atoms with Gasteiger partial charge in [0.2, 0.25) is 0 Å². The Balaban J connectivity index is 1.71. The number of ether oxygens (including phenoxy) is 1. The van der Waals surface area contributed by atoms with Crippen LogP contribution in [0.15, 0.2) is 66.4 Å². The van der Waals surface area contributed by atoms with Gasteiger partial charge in [0, 0.05) is 23.1 Å². The van der Waals surface area contributed by atoms with Crippen LogP contribution in [0.1, 0.15) is 29.3 Å². The van der Waals surface area contributed by atoms with Crippen molar-refractivity contribution >= 4 is 28.5 Å². The Morgan fingerprint density at radius 2 is 1.97 bits per heavy atom. The summed E-state index contributed by atoms with van der Waals surface area (Å²) in [4.78, 5) is 17.9. The van der Waals surface area contributed by atoms with E-state index in [9.17, 15) is 10.1 Å². The van der Waals surface area contributed by atoms with Gasteiger partial charge in [-0.25, -0.2) is 4.98 Å². The molecule has 1 heterocycles. The molecule has 1 amide bonds. The lowest BCUT2D eigenvalue weighted by Gasteiger charge is -2.08. The van der Waals surface area contributed by atoms with Crippen molar-refractivity contribution in [2.45, 2.75) is 19.8 Å². The second kappa shape index (κ2) is 10.2. The lowest BCUT2D eigenvalue weighted by Crippen LogP contribution is -2.13. The van der Waals surface area contributed by atoms with Crippen molar-refractivity contribution < 1.29 is 9.53 Å². The number of benzene rings is 2. The first-order valence-corrected chi connectivity index (χ1v) is 10.1. The van der Waals surface area contributed by atoms with Gasteiger partial charge in [-0.1, -0.05) is 55.5 Å². The minimum atomic E-state index is -0.488. The molecule has 0 saturated heterocycles. The summed E-state index contributed by atoms with van der Waals surface area (Å²) in [6.45, 7) is 2.59. The highest BCUT2D eigenvalue weighted by Crippen LogP contribution is 2.24. The smallest absolute Gasteiger partial charge is 0.268 e. The Morgan fingerprint density at radius 1 is 1.21 bits per heavy atom. The number of nitrogens with zero attached hydrogens (tertiary/aromatic N) is 2. The molecule has 0 bridgehead atoms. The summed E-state index contributed by atoms with van der Waals surface area (Å²) in [6, 6.07) is 19.4. The van der Waals surface area contributed by atoms with Gasteiger partial charge in [0.05, 0.1) is 6.61 Å². The maximum atomic E-state index is 12.6. The van der Waals surface area contributed by atoms with Crippen LogP contribution < -0.4 is 10.1 Å². The van der Waals surface area contributed by atoms with Crippen LogP contribution in [0.2, 0.25) is 0 Å². The minimum Gasteiger partial charge on any atom is -0.493 e. The van der Waals surface area contributed by atoms with Gasteiger partial charge in [-0.3, -0.25) is 10.1 Å². The summed E-state index contributed by atoms with van der Waals surface area (Å²) < 4.78 is 5.69. The fourth-order valence-electron chi connectivity index (χ4n) is 2.66. The summed E-state index contributed by atoms with van der Waals surface area (Å²) in [5.74, 6) is 0.160. The fourth-order valence-corrected chi connectivity index (χ4v) is 3.50. The van der Waals surface area contributed by atoms with Gasteiger partial charge in [0.15, 0.2) is 5.13 Å². The van der Waals surface area contributed by atoms with E-state index in [0.29, 0.717) is 23.1 Å². The van der Waals surface area contributed by atoms with Gasteiger partial charge in [-0.05, 0) is 24.1 Å². The lowest BCUT2D eigenvalue weighted by molar-refractivity contribution is -0.112. The van der Waals surface area contributed by atoms with Gasteiger partial charge in [0.25, 0.3) is 5.91 Å². The number of anilines is 1. The van der Waals surface area contributed by atoms with Crippen LogP contribution in [0.3, 0.4) is 0 Å². The monoisotopic (exact) mass is 403 g/mol. The third-order valence-electron chi connectivity index (χ3n) is 4.04. The molecular weight excluding hydrogens is 382 g/mol. The van der Waals surface area contributed by atoms with Crippen LogP contribution in [-0.4, -0.2) is 17.5 Å². The molecule has 0 aliphatic rings. The van der Waals surface area contributed by atoms with Gasteiger partial charge < -0.3 is 4.74 Å². The highest BCUT2D eigenvalue weighted by molar-refractivity contribution is 7.15. The number of nitrogens with one attached hydrogen (secondary N) is 1. The summed E-state index contributed by atoms with van der Waals surface area (Å²) in [5.41, 5.74) is 1.87. The number of hydrogen-bond acceptors (Lipinski definition) is 5. The Hall–Kier alpha value is -3.43. The maximum Gasteiger partial charge on any atom is 0.268 e. The molecule has 3 aromatic rings. The molecule has 29 heavy (non-hydrogen) atoms. The summed E-state index contributed by atoms with van der Waals surface area (Å²) in [7, 11) is 0. The zero-order valence-electron chi connectivity index (χ0n) is 16.1. The highest BCUT2D eigenvalue weighted by atomic mass is 32.1. The number of carbonyl (C=O) groups excluding carboxylic acids is 1. The SMILES string of the molecule is CCCOc1ccccc1/C=C(\C#N)C(=O)Nc1ncc(Cc2ccccc2)s1. The molecule has 1 aromatic heterocycles. The summed E-state index contributed by atoms with van der Waals surface area (Å²) in [5, 5.41) is 12.7. The van der Waals surface area contributed by atoms with E-state index in [4.69, 9.17) is 4.74 Å². The van der Waals surface area contributed by atoms with E-state index < -0.39 is 5.91 Å². The molecule has 0 saturated carbocycles. The first-order valence-electron chi connectivity index (χ1n) is 9.33. The van der Waals surface area contributed by atoms with Crippen molar-refractivity contribution in [3.8, 4) is 11.8 Å². The highest BCUT2D eigenvalue weighted by Gasteiger charge is 2.13. The lowest BCUT2D eigenvalue weighted by atomic mass is 10.1. The molecule has 3 rings (SSSR count). The predicted octanol–water partition coefficient (Wildman–Crippen LogP) is 5.07. The van der Waals surface area contributed by atoms with Crippen LogP contribution in [-0.2, 0) is 11.2 Å². The van der Waals surface area contributed by atoms with Crippen LogP contribution in [0, 0.1) is 11.3 Å². The zero-order valence-corrected chi connectivity index (χ0v) is 16.9. The van der Waals surface area contributed by atoms with Crippen LogP contribution >= 0.6 is 11.3 Å². The number of carbonyl (C=O) groups is 1. The molecule has 2 aromatic carbocycles. The molecule has 0 unspecified atom stereocenters. The number of para-hydroxylation sites is 1. The van der Waals surface area contributed by atoms with Gasteiger partial charge >= 0.3 is 0 Å². The van der Waals surface area contributed by atoms with Gasteiger partial charge in [-0.2, -0.15) is 5.26 Å². The molecule has 0 spiro atoms. The molecular formula is C23H21N3O2S. The number of aromatic nitrogens is 1. The summed E-state index contributed by atoms with van der Waals surface area (Å²) in [6.07, 6.45) is 4.91. The zero-order chi connectivity index (χ0) is 20.5. The average Bonchev–Trinajstić information content (AvgIpc) is 3.18. The summed E-state index contributed by atoms with van der Waals surface area (Å²) >= 11 is 1.40. The van der Waals surface area contributed by atoms with E-state index in [1.165, 1.54) is 16.9 Å². The number of hydrogen-bond donors (Lipinski definition) is 1. The van der Waals surface area contributed by atoms with E-state index in [0.717, 1.165) is 17.7 Å². The Morgan fingerprint density at radius 3 is 2.72 bits per heavy atom. The maximum absolute atomic E-state index is 12.6. The first-order chi connectivity index (χ1) is 14.2. The van der Waals surface area contributed by atoms with E-state index in [1.54, 1.807) is 12.3 Å². The molecule has 6 heteroatoms. The quantitative estimate of drug-likeness (QED) is 0.421. The van der Waals surface area contributed by atoms with E-state index in [-0.39, 0.29) is 5.57 Å². The fraction of sp³-hybridized carbons (Fsp3) is 0.174. The molecule has 1 N–H and O–H groups in total. The number of amides is 1. The van der Waals surface area contributed by atoms with Crippen LogP contribution in [0.4, 0.5) is 5.13 Å². The number of rotatable bonds is 8. The van der Waals surface area contributed by atoms with Gasteiger partial charge in [-0.15, -0.1) is 11.3 Å². The average molecular weight is 404 g/mol. The molecule has 0 aliphatic carbocycles. The van der Waals surface area contributed by atoms with E-state index in [2.05, 4.69) is 10.3 Å². The van der Waals surface area contributed by atoms with Crippen molar-refractivity contribution in [1.29, 1.82) is 5.26 Å². The predicted molar refractivity (Wildman–Crippen MR) is 116 cm³/mol. The van der Waals surface area contributed by atoms with E-state index >= 15 is 0 Å². The van der Waals surface area contributed by atoms with Crippen LogP contribution in [0.5, 0.6) is 5.75 Å². The third kappa shape index (κ3) is 5.77. The minimum absolute atomic E-state index is 0.00245. The van der Waals surface area contributed by atoms with Gasteiger partial charge in [0.1, 0.15) is 17.4 Å². The molecule has 146 valence electrons. The molecule has 5 nitrogen and oxygen atoms in total. The first kappa shape index (κ1) is 20.3. The molecule has 0 atom stereocenters. The van der Waals surface area contributed by atoms with Crippen molar-refractivity contribution in [3.05, 3.63) is 82.4 Å².